The molecule has 0 radical (unpaired) electrons. The molecule has 0 aromatic heterocycles. The molecule has 1 fully saturated rings. The highest BCUT2D eigenvalue weighted by Crippen LogP contribution is 2.20. The zero-order valence-corrected chi connectivity index (χ0v) is 9.57. The third-order valence-corrected chi connectivity index (χ3v) is 2.73. The number of amides is 1. The molecule has 1 amide bonds. The van der Waals surface area contributed by atoms with E-state index in [-0.39, 0.29) is 18.6 Å². The second kappa shape index (κ2) is 6.48. The second-order valence-corrected chi connectivity index (χ2v) is 4.18. The SMILES string of the molecule is CC(=O)NC(COC1CCCCC1)C(=O)O. The molecule has 92 valence electrons. The molecule has 0 spiro atoms. The summed E-state index contributed by atoms with van der Waals surface area (Å²) in [5.41, 5.74) is 0. The first-order chi connectivity index (χ1) is 7.59. The summed E-state index contributed by atoms with van der Waals surface area (Å²) in [6.07, 6.45) is 5.65. The molecule has 1 unspecified atom stereocenters. The maximum Gasteiger partial charge on any atom is 0.328 e. The minimum Gasteiger partial charge on any atom is -0.480 e. The van der Waals surface area contributed by atoms with Crippen molar-refractivity contribution < 1.29 is 19.4 Å². The van der Waals surface area contributed by atoms with Crippen molar-refractivity contribution >= 4 is 11.9 Å². The van der Waals surface area contributed by atoms with Crippen LogP contribution in [0.2, 0.25) is 0 Å². The standard InChI is InChI=1S/C11H19NO4/c1-8(13)12-10(11(14)15)7-16-9-5-3-2-4-6-9/h9-10H,2-7H2,1H3,(H,12,13)(H,14,15). The number of aliphatic carboxylic acids is 1. The van der Waals surface area contributed by atoms with Gasteiger partial charge in [-0.05, 0) is 12.8 Å². The number of nitrogens with one attached hydrogen (secondary N) is 1. The van der Waals surface area contributed by atoms with Gasteiger partial charge in [0.25, 0.3) is 0 Å². The van der Waals surface area contributed by atoms with Crippen molar-refractivity contribution in [1.82, 2.24) is 5.32 Å². The van der Waals surface area contributed by atoms with Gasteiger partial charge < -0.3 is 15.2 Å². The maximum atomic E-state index is 10.8. The van der Waals surface area contributed by atoms with E-state index in [0.29, 0.717) is 0 Å². The van der Waals surface area contributed by atoms with E-state index >= 15 is 0 Å². The van der Waals surface area contributed by atoms with Gasteiger partial charge in [-0.15, -0.1) is 0 Å². The lowest BCUT2D eigenvalue weighted by Crippen LogP contribution is -2.43. The van der Waals surface area contributed by atoms with Gasteiger partial charge in [0.2, 0.25) is 5.91 Å². The molecule has 2 N–H and O–H groups in total. The lowest BCUT2D eigenvalue weighted by atomic mass is 9.98. The normalized spacial score (nSPS) is 19.1. The third-order valence-electron chi connectivity index (χ3n) is 2.73. The van der Waals surface area contributed by atoms with Gasteiger partial charge in [0.1, 0.15) is 0 Å². The van der Waals surface area contributed by atoms with Crippen LogP contribution in [-0.4, -0.2) is 35.7 Å². The van der Waals surface area contributed by atoms with E-state index < -0.39 is 12.0 Å². The molecule has 0 aromatic rings. The molecule has 1 aliphatic rings. The van der Waals surface area contributed by atoms with Crippen molar-refractivity contribution in [1.29, 1.82) is 0 Å². The monoisotopic (exact) mass is 229 g/mol. The Morgan fingerprint density at radius 3 is 2.50 bits per heavy atom. The van der Waals surface area contributed by atoms with E-state index in [4.69, 9.17) is 9.84 Å². The van der Waals surface area contributed by atoms with Crippen molar-refractivity contribution in [2.75, 3.05) is 6.61 Å². The van der Waals surface area contributed by atoms with Gasteiger partial charge in [-0.3, -0.25) is 4.79 Å². The van der Waals surface area contributed by atoms with Crippen LogP contribution in [-0.2, 0) is 14.3 Å². The predicted molar refractivity (Wildman–Crippen MR) is 58.1 cm³/mol. The van der Waals surface area contributed by atoms with Crippen molar-refractivity contribution in [2.24, 2.45) is 0 Å². The van der Waals surface area contributed by atoms with Gasteiger partial charge in [0.15, 0.2) is 6.04 Å². The summed E-state index contributed by atoms with van der Waals surface area (Å²) in [7, 11) is 0. The van der Waals surface area contributed by atoms with Crippen molar-refractivity contribution in [3.05, 3.63) is 0 Å². The molecule has 5 nitrogen and oxygen atoms in total. The molecule has 16 heavy (non-hydrogen) atoms. The Kier molecular flexibility index (Phi) is 5.25. The van der Waals surface area contributed by atoms with Gasteiger partial charge in [-0.25, -0.2) is 4.79 Å². The molecule has 1 rings (SSSR count). The third kappa shape index (κ3) is 4.61. The minimum absolute atomic E-state index is 0.0551. The van der Waals surface area contributed by atoms with Crippen molar-refractivity contribution in [2.45, 2.75) is 51.2 Å². The van der Waals surface area contributed by atoms with Crippen LogP contribution in [0.4, 0.5) is 0 Å². The van der Waals surface area contributed by atoms with E-state index in [2.05, 4.69) is 5.32 Å². The predicted octanol–water partition coefficient (Wildman–Crippen LogP) is 0.925. The smallest absolute Gasteiger partial charge is 0.328 e. The molecule has 1 saturated carbocycles. The van der Waals surface area contributed by atoms with Gasteiger partial charge in [-0.1, -0.05) is 19.3 Å². The Bertz CT molecular complexity index is 248. The van der Waals surface area contributed by atoms with Crippen LogP contribution in [0.1, 0.15) is 39.0 Å². The molecule has 1 aliphatic carbocycles. The average Bonchev–Trinajstić information content (AvgIpc) is 2.25. The number of carboxylic acids is 1. The zero-order valence-electron chi connectivity index (χ0n) is 9.57. The van der Waals surface area contributed by atoms with E-state index in [9.17, 15) is 9.59 Å². The van der Waals surface area contributed by atoms with Crippen LogP contribution in [0, 0.1) is 0 Å². The van der Waals surface area contributed by atoms with Crippen LogP contribution < -0.4 is 5.32 Å². The van der Waals surface area contributed by atoms with E-state index in [0.717, 1.165) is 25.7 Å². The number of carbonyl (C=O) groups excluding carboxylic acids is 1. The highest BCUT2D eigenvalue weighted by molar-refractivity contribution is 5.82. The molecule has 0 heterocycles. The van der Waals surface area contributed by atoms with Crippen LogP contribution in [0.25, 0.3) is 0 Å². The Morgan fingerprint density at radius 1 is 1.38 bits per heavy atom. The molecule has 0 bridgehead atoms. The zero-order chi connectivity index (χ0) is 12.0. The first-order valence-electron chi connectivity index (χ1n) is 5.71. The quantitative estimate of drug-likeness (QED) is 0.735. The summed E-state index contributed by atoms with van der Waals surface area (Å²) in [6, 6.07) is -0.931. The Morgan fingerprint density at radius 2 is 2.00 bits per heavy atom. The Balaban J connectivity index is 2.30. The molecular formula is C11H19NO4. The minimum atomic E-state index is -1.05. The second-order valence-electron chi connectivity index (χ2n) is 4.18. The summed E-state index contributed by atoms with van der Waals surface area (Å²) < 4.78 is 5.51. The number of ether oxygens (including phenoxy) is 1. The lowest BCUT2D eigenvalue weighted by Gasteiger charge is -2.23. The summed E-state index contributed by atoms with van der Waals surface area (Å²) >= 11 is 0. The van der Waals surface area contributed by atoms with Gasteiger partial charge >= 0.3 is 5.97 Å². The fraction of sp³-hybridized carbons (Fsp3) is 0.818. The van der Waals surface area contributed by atoms with Crippen LogP contribution in [0.5, 0.6) is 0 Å². The fourth-order valence-electron chi connectivity index (χ4n) is 1.88. The topological polar surface area (TPSA) is 75.6 Å². The number of carboxylic acid groups (broad SMARTS) is 1. The number of hydrogen-bond donors (Lipinski definition) is 2. The first kappa shape index (κ1) is 13.0. The van der Waals surface area contributed by atoms with Gasteiger partial charge in [0.05, 0.1) is 12.7 Å². The molecule has 1 atom stereocenters. The summed E-state index contributed by atoms with van der Waals surface area (Å²) in [5, 5.41) is 11.2. The molecule has 0 saturated heterocycles. The Labute approximate surface area is 95.2 Å². The van der Waals surface area contributed by atoms with Crippen LogP contribution in [0.3, 0.4) is 0 Å². The summed E-state index contributed by atoms with van der Waals surface area (Å²) in [5.74, 6) is -1.40. The molecule has 0 aromatic carbocycles. The van der Waals surface area contributed by atoms with Crippen LogP contribution in [0.15, 0.2) is 0 Å². The first-order valence-corrected chi connectivity index (χ1v) is 5.71. The largest absolute Gasteiger partial charge is 0.480 e. The average molecular weight is 229 g/mol. The highest BCUT2D eigenvalue weighted by atomic mass is 16.5. The van der Waals surface area contributed by atoms with Crippen LogP contribution >= 0.6 is 0 Å². The molecule has 0 aliphatic heterocycles. The molecular weight excluding hydrogens is 210 g/mol. The summed E-state index contributed by atoms with van der Waals surface area (Å²) in [6.45, 7) is 1.36. The summed E-state index contributed by atoms with van der Waals surface area (Å²) in [4.78, 5) is 21.6. The molecule has 5 heteroatoms. The number of rotatable bonds is 5. The fourth-order valence-corrected chi connectivity index (χ4v) is 1.88. The lowest BCUT2D eigenvalue weighted by molar-refractivity contribution is -0.144. The van der Waals surface area contributed by atoms with Crippen molar-refractivity contribution in [3.63, 3.8) is 0 Å². The van der Waals surface area contributed by atoms with E-state index in [1.54, 1.807) is 0 Å². The van der Waals surface area contributed by atoms with E-state index in [1.165, 1.54) is 13.3 Å². The van der Waals surface area contributed by atoms with Gasteiger partial charge in [0, 0.05) is 6.92 Å². The maximum absolute atomic E-state index is 10.8. The van der Waals surface area contributed by atoms with Crippen molar-refractivity contribution in [3.8, 4) is 0 Å². The highest BCUT2D eigenvalue weighted by Gasteiger charge is 2.21. The van der Waals surface area contributed by atoms with E-state index in [1.807, 2.05) is 0 Å². The number of carbonyl (C=O) groups is 2. The number of hydrogen-bond acceptors (Lipinski definition) is 3. The van der Waals surface area contributed by atoms with Gasteiger partial charge in [-0.2, -0.15) is 0 Å². The Hall–Kier alpha value is -1.10.